The van der Waals surface area contributed by atoms with Crippen LogP contribution in [0.2, 0.25) is 0 Å². The highest BCUT2D eigenvalue weighted by Gasteiger charge is 2.24. The van der Waals surface area contributed by atoms with Gasteiger partial charge in [0.2, 0.25) is 0 Å². The minimum atomic E-state index is 0.341. The number of rotatable bonds is 7. The lowest BCUT2D eigenvalue weighted by molar-refractivity contribution is 0.228. The molecule has 1 unspecified atom stereocenters. The first-order valence-electron chi connectivity index (χ1n) is 8.11. The quantitative estimate of drug-likeness (QED) is 0.760. The number of benzene rings is 1. The molecule has 0 saturated carbocycles. The summed E-state index contributed by atoms with van der Waals surface area (Å²) in [6, 6.07) is 9.16. The van der Waals surface area contributed by atoms with Gasteiger partial charge in [0, 0.05) is 0 Å². The summed E-state index contributed by atoms with van der Waals surface area (Å²) in [4.78, 5) is 0. The van der Waals surface area contributed by atoms with Crippen molar-refractivity contribution in [1.29, 1.82) is 0 Å². The summed E-state index contributed by atoms with van der Waals surface area (Å²) in [5.74, 6) is 1.40. The van der Waals surface area contributed by atoms with E-state index in [-0.39, 0.29) is 0 Å². The summed E-state index contributed by atoms with van der Waals surface area (Å²) in [6.45, 7) is 16.0. The number of nitrogens with one attached hydrogen (secondary N) is 1. The Balaban J connectivity index is 2.63. The van der Waals surface area contributed by atoms with E-state index < -0.39 is 0 Å². The molecule has 0 saturated heterocycles. The zero-order valence-corrected chi connectivity index (χ0v) is 14.3. The first-order chi connectivity index (χ1) is 9.32. The summed E-state index contributed by atoms with van der Waals surface area (Å²) in [5, 5.41) is 3.63. The summed E-state index contributed by atoms with van der Waals surface area (Å²) in [5.41, 5.74) is 3.24. The Morgan fingerprint density at radius 3 is 1.95 bits per heavy atom. The van der Waals surface area contributed by atoms with E-state index in [0.717, 1.165) is 25.4 Å². The van der Waals surface area contributed by atoms with Crippen LogP contribution in [0.4, 0.5) is 0 Å². The Morgan fingerprint density at radius 1 is 0.950 bits per heavy atom. The van der Waals surface area contributed by atoms with E-state index in [2.05, 4.69) is 71.1 Å². The fourth-order valence-corrected chi connectivity index (χ4v) is 2.43. The Morgan fingerprint density at radius 2 is 1.50 bits per heavy atom. The highest BCUT2D eigenvalue weighted by molar-refractivity contribution is 5.23. The van der Waals surface area contributed by atoms with E-state index in [1.165, 1.54) is 17.5 Å². The van der Waals surface area contributed by atoms with Gasteiger partial charge in [-0.25, -0.2) is 0 Å². The molecular formula is C19H33N. The molecule has 0 aromatic heterocycles. The highest BCUT2D eigenvalue weighted by Crippen LogP contribution is 2.28. The van der Waals surface area contributed by atoms with Crippen molar-refractivity contribution in [2.45, 2.75) is 54.4 Å². The maximum atomic E-state index is 3.63. The van der Waals surface area contributed by atoms with Gasteiger partial charge in [-0.1, -0.05) is 65.8 Å². The first-order valence-corrected chi connectivity index (χ1v) is 8.11. The van der Waals surface area contributed by atoms with Gasteiger partial charge < -0.3 is 5.32 Å². The van der Waals surface area contributed by atoms with Crippen molar-refractivity contribution in [2.75, 3.05) is 13.1 Å². The molecule has 1 N–H and O–H groups in total. The van der Waals surface area contributed by atoms with E-state index in [1.807, 2.05) is 0 Å². The lowest BCUT2D eigenvalue weighted by Gasteiger charge is -2.31. The van der Waals surface area contributed by atoms with Crippen molar-refractivity contribution in [3.63, 3.8) is 0 Å². The van der Waals surface area contributed by atoms with Crippen LogP contribution in [0, 0.1) is 17.3 Å². The largest absolute Gasteiger partial charge is 0.316 e. The molecule has 0 amide bonds. The fourth-order valence-electron chi connectivity index (χ4n) is 2.43. The number of hydrogen-bond donors (Lipinski definition) is 1. The maximum absolute atomic E-state index is 3.63. The predicted molar refractivity (Wildman–Crippen MR) is 90.2 cm³/mol. The van der Waals surface area contributed by atoms with Gasteiger partial charge in [0.05, 0.1) is 0 Å². The number of aryl methyl sites for hydroxylation is 1. The van der Waals surface area contributed by atoms with Gasteiger partial charge in [-0.2, -0.15) is 0 Å². The van der Waals surface area contributed by atoms with E-state index in [1.54, 1.807) is 0 Å². The van der Waals surface area contributed by atoms with Crippen LogP contribution in [0.5, 0.6) is 0 Å². The molecule has 1 aromatic rings. The van der Waals surface area contributed by atoms with Gasteiger partial charge in [0.25, 0.3) is 0 Å². The van der Waals surface area contributed by atoms with Crippen molar-refractivity contribution >= 4 is 0 Å². The molecule has 0 aliphatic carbocycles. The third kappa shape index (κ3) is 6.09. The van der Waals surface area contributed by atoms with Gasteiger partial charge in [-0.15, -0.1) is 0 Å². The average Bonchev–Trinajstić information content (AvgIpc) is 2.37. The molecule has 0 aliphatic rings. The molecule has 114 valence electrons. The maximum Gasteiger partial charge on any atom is -0.00122 e. The van der Waals surface area contributed by atoms with Gasteiger partial charge in [0.15, 0.2) is 0 Å². The van der Waals surface area contributed by atoms with Crippen molar-refractivity contribution in [1.82, 2.24) is 5.32 Å². The third-order valence-electron chi connectivity index (χ3n) is 4.08. The van der Waals surface area contributed by atoms with E-state index in [4.69, 9.17) is 0 Å². The molecule has 1 atom stereocenters. The fraction of sp³-hybridized carbons (Fsp3) is 0.684. The average molecular weight is 275 g/mol. The Bertz CT molecular complexity index is 370. The summed E-state index contributed by atoms with van der Waals surface area (Å²) < 4.78 is 0. The molecule has 1 nitrogen and oxygen atoms in total. The summed E-state index contributed by atoms with van der Waals surface area (Å²) in [7, 11) is 0. The van der Waals surface area contributed by atoms with Gasteiger partial charge >= 0.3 is 0 Å². The van der Waals surface area contributed by atoms with Crippen LogP contribution < -0.4 is 5.32 Å². The zero-order chi connectivity index (χ0) is 15.2. The lowest BCUT2D eigenvalue weighted by Crippen LogP contribution is -2.35. The molecule has 0 fully saturated rings. The van der Waals surface area contributed by atoms with Gasteiger partial charge in [-0.05, 0) is 54.3 Å². The van der Waals surface area contributed by atoms with Crippen LogP contribution in [0.1, 0.15) is 52.7 Å². The smallest absolute Gasteiger partial charge is 0.00122 e. The second kappa shape index (κ2) is 7.83. The molecule has 0 bridgehead atoms. The normalized spacial score (nSPS) is 13.8. The summed E-state index contributed by atoms with van der Waals surface area (Å²) in [6.07, 6.45) is 2.29. The molecule has 0 aliphatic heterocycles. The molecule has 1 heteroatoms. The van der Waals surface area contributed by atoms with Crippen LogP contribution in [-0.2, 0) is 12.8 Å². The van der Waals surface area contributed by atoms with Crippen LogP contribution in [0.15, 0.2) is 24.3 Å². The van der Waals surface area contributed by atoms with Crippen LogP contribution in [0.3, 0.4) is 0 Å². The topological polar surface area (TPSA) is 12.0 Å². The molecule has 1 rings (SSSR count). The van der Waals surface area contributed by atoms with Crippen molar-refractivity contribution in [3.05, 3.63) is 35.4 Å². The Kier molecular flexibility index (Phi) is 6.75. The Hall–Kier alpha value is -0.820. The van der Waals surface area contributed by atoms with Crippen molar-refractivity contribution < 1.29 is 0 Å². The van der Waals surface area contributed by atoms with E-state index >= 15 is 0 Å². The lowest BCUT2D eigenvalue weighted by atomic mass is 9.77. The predicted octanol–water partition coefficient (Wildman–Crippen LogP) is 4.70. The first kappa shape index (κ1) is 17.2. The van der Waals surface area contributed by atoms with E-state index in [0.29, 0.717) is 11.3 Å². The standard InChI is InChI=1S/C19H33N/c1-7-16-8-10-17(11-9-16)12-18(19(4,5)6)14-20-13-15(2)3/h8-11,15,18,20H,7,12-14H2,1-6H3. The molecule has 1 aromatic carbocycles. The highest BCUT2D eigenvalue weighted by atomic mass is 14.9. The van der Waals surface area contributed by atoms with Crippen LogP contribution in [0.25, 0.3) is 0 Å². The van der Waals surface area contributed by atoms with E-state index in [9.17, 15) is 0 Å². The van der Waals surface area contributed by atoms with Crippen LogP contribution in [-0.4, -0.2) is 13.1 Å². The van der Waals surface area contributed by atoms with Gasteiger partial charge in [0.1, 0.15) is 0 Å². The second-order valence-electron chi connectivity index (χ2n) is 7.49. The zero-order valence-electron chi connectivity index (χ0n) is 14.3. The monoisotopic (exact) mass is 275 g/mol. The minimum absolute atomic E-state index is 0.341. The Labute approximate surface area is 126 Å². The molecule has 0 spiro atoms. The SMILES string of the molecule is CCc1ccc(CC(CNCC(C)C)C(C)(C)C)cc1. The summed E-state index contributed by atoms with van der Waals surface area (Å²) >= 11 is 0. The molecule has 0 heterocycles. The minimum Gasteiger partial charge on any atom is -0.316 e. The van der Waals surface area contributed by atoms with Crippen molar-refractivity contribution in [3.8, 4) is 0 Å². The van der Waals surface area contributed by atoms with Crippen molar-refractivity contribution in [2.24, 2.45) is 17.3 Å². The second-order valence-corrected chi connectivity index (χ2v) is 7.49. The third-order valence-corrected chi connectivity index (χ3v) is 4.08. The van der Waals surface area contributed by atoms with Gasteiger partial charge in [-0.3, -0.25) is 0 Å². The molecule has 20 heavy (non-hydrogen) atoms. The molecule has 0 radical (unpaired) electrons. The molecular weight excluding hydrogens is 242 g/mol. The van der Waals surface area contributed by atoms with Crippen LogP contribution >= 0.6 is 0 Å². The number of hydrogen-bond acceptors (Lipinski definition) is 1.